The predicted octanol–water partition coefficient (Wildman–Crippen LogP) is 3.63. The van der Waals surface area contributed by atoms with E-state index in [2.05, 4.69) is 21.2 Å². The summed E-state index contributed by atoms with van der Waals surface area (Å²) < 4.78 is 28.0. The Bertz CT molecular complexity index is 856. The van der Waals surface area contributed by atoms with Gasteiger partial charge in [0.05, 0.1) is 10.6 Å². The average molecular weight is 423 g/mol. The first-order chi connectivity index (χ1) is 12.0. The Kier molecular flexibility index (Phi) is 5.56. The Balaban J connectivity index is 1.86. The van der Waals surface area contributed by atoms with E-state index in [0.29, 0.717) is 18.7 Å². The molecule has 7 heteroatoms. The molecule has 1 fully saturated rings. The van der Waals surface area contributed by atoms with Gasteiger partial charge in [-0.25, -0.2) is 8.42 Å². The highest BCUT2D eigenvalue weighted by Gasteiger charge is 2.37. The Labute approximate surface area is 156 Å². The van der Waals surface area contributed by atoms with Crippen LogP contribution in [0.2, 0.25) is 0 Å². The number of para-hydroxylation sites is 1. The summed E-state index contributed by atoms with van der Waals surface area (Å²) in [6.45, 7) is 0.352. The van der Waals surface area contributed by atoms with Crippen molar-refractivity contribution in [1.29, 1.82) is 0 Å². The van der Waals surface area contributed by atoms with Gasteiger partial charge in [-0.05, 0) is 53.0 Å². The molecule has 1 aliphatic rings. The molecule has 0 saturated carbocycles. The van der Waals surface area contributed by atoms with Crippen LogP contribution < -0.4 is 5.32 Å². The van der Waals surface area contributed by atoms with Crippen molar-refractivity contribution in [1.82, 2.24) is 4.31 Å². The molecule has 1 saturated heterocycles. The molecule has 5 nitrogen and oxygen atoms in total. The number of halogens is 1. The molecule has 0 aromatic heterocycles. The number of sulfonamides is 1. The van der Waals surface area contributed by atoms with Gasteiger partial charge in [0.15, 0.2) is 0 Å². The van der Waals surface area contributed by atoms with E-state index in [0.717, 1.165) is 17.3 Å². The lowest BCUT2D eigenvalue weighted by Gasteiger charge is -2.33. The molecule has 2 aromatic carbocycles. The number of carbonyl (C=O) groups excluding carboxylic acids is 1. The van der Waals surface area contributed by atoms with Crippen LogP contribution in [0.25, 0.3) is 0 Å². The van der Waals surface area contributed by atoms with Crippen LogP contribution in [-0.4, -0.2) is 31.2 Å². The number of hydrogen-bond donors (Lipinski definition) is 1. The largest absolute Gasteiger partial charge is 0.324 e. The topological polar surface area (TPSA) is 66.5 Å². The summed E-state index contributed by atoms with van der Waals surface area (Å²) in [6, 6.07) is 14.8. The van der Waals surface area contributed by atoms with Crippen molar-refractivity contribution in [2.24, 2.45) is 0 Å². The van der Waals surface area contributed by atoms with Crippen molar-refractivity contribution in [3.8, 4) is 0 Å². The van der Waals surface area contributed by atoms with E-state index in [4.69, 9.17) is 0 Å². The molecule has 1 aliphatic heterocycles. The van der Waals surface area contributed by atoms with Gasteiger partial charge in [0, 0.05) is 11.0 Å². The van der Waals surface area contributed by atoms with E-state index in [1.165, 1.54) is 4.31 Å². The molecule has 1 unspecified atom stereocenters. The van der Waals surface area contributed by atoms with Gasteiger partial charge in [-0.15, -0.1) is 0 Å². The van der Waals surface area contributed by atoms with Gasteiger partial charge >= 0.3 is 0 Å². The first kappa shape index (κ1) is 18.1. The lowest BCUT2D eigenvalue weighted by molar-refractivity contribution is -0.120. The van der Waals surface area contributed by atoms with Crippen molar-refractivity contribution in [2.75, 3.05) is 11.9 Å². The number of nitrogens with zero attached hydrogens (tertiary/aromatic N) is 1. The summed E-state index contributed by atoms with van der Waals surface area (Å²) in [5.41, 5.74) is 0.634. The third kappa shape index (κ3) is 3.94. The first-order valence-corrected chi connectivity index (χ1v) is 10.4. The zero-order valence-electron chi connectivity index (χ0n) is 13.6. The number of hydrogen-bond acceptors (Lipinski definition) is 3. The molecular formula is C18H19BrN2O3S. The number of carbonyl (C=O) groups is 1. The Morgan fingerprint density at radius 2 is 1.72 bits per heavy atom. The second-order valence-electron chi connectivity index (χ2n) is 5.91. The summed E-state index contributed by atoms with van der Waals surface area (Å²) in [7, 11) is -3.70. The van der Waals surface area contributed by atoms with Crippen LogP contribution in [0.1, 0.15) is 19.3 Å². The quantitative estimate of drug-likeness (QED) is 0.817. The molecule has 1 heterocycles. The van der Waals surface area contributed by atoms with Crippen molar-refractivity contribution in [3.63, 3.8) is 0 Å². The third-order valence-electron chi connectivity index (χ3n) is 4.24. The minimum absolute atomic E-state index is 0.218. The SMILES string of the molecule is O=C(Nc1ccccc1Br)C1CCCCN1S(=O)(=O)c1ccccc1. The Morgan fingerprint density at radius 1 is 1.04 bits per heavy atom. The minimum atomic E-state index is -3.70. The highest BCUT2D eigenvalue weighted by Crippen LogP contribution is 2.27. The number of nitrogens with one attached hydrogen (secondary N) is 1. The monoisotopic (exact) mass is 422 g/mol. The van der Waals surface area contributed by atoms with Gasteiger partial charge in [0.1, 0.15) is 6.04 Å². The van der Waals surface area contributed by atoms with Crippen LogP contribution in [0.5, 0.6) is 0 Å². The highest BCUT2D eigenvalue weighted by atomic mass is 79.9. The van der Waals surface area contributed by atoms with Gasteiger partial charge in [-0.3, -0.25) is 4.79 Å². The normalized spacial score (nSPS) is 18.7. The molecular weight excluding hydrogens is 404 g/mol. The Hall–Kier alpha value is -1.70. The fraction of sp³-hybridized carbons (Fsp3) is 0.278. The van der Waals surface area contributed by atoms with Crippen molar-refractivity contribution >= 4 is 37.5 Å². The van der Waals surface area contributed by atoms with E-state index in [1.54, 1.807) is 36.4 Å². The van der Waals surface area contributed by atoms with Gasteiger partial charge in [-0.1, -0.05) is 36.8 Å². The molecule has 1 N–H and O–H groups in total. The van der Waals surface area contributed by atoms with Gasteiger partial charge in [0.2, 0.25) is 15.9 Å². The maximum Gasteiger partial charge on any atom is 0.243 e. The van der Waals surface area contributed by atoms with Crippen LogP contribution in [0.4, 0.5) is 5.69 Å². The zero-order valence-corrected chi connectivity index (χ0v) is 16.0. The summed E-state index contributed by atoms with van der Waals surface area (Å²) in [6.07, 6.45) is 2.10. The van der Waals surface area contributed by atoms with E-state index in [-0.39, 0.29) is 10.8 Å². The van der Waals surface area contributed by atoms with E-state index in [1.807, 2.05) is 18.2 Å². The van der Waals surface area contributed by atoms with Gasteiger partial charge in [0.25, 0.3) is 0 Å². The average Bonchev–Trinajstić information content (AvgIpc) is 2.64. The molecule has 1 amide bonds. The number of piperidine rings is 1. The second kappa shape index (κ2) is 7.68. The van der Waals surface area contributed by atoms with Crippen molar-refractivity contribution in [3.05, 3.63) is 59.1 Å². The van der Waals surface area contributed by atoms with Crippen molar-refractivity contribution < 1.29 is 13.2 Å². The molecule has 132 valence electrons. The van der Waals surface area contributed by atoms with E-state index in [9.17, 15) is 13.2 Å². The maximum absolute atomic E-state index is 13.0. The molecule has 3 rings (SSSR count). The van der Waals surface area contributed by atoms with E-state index < -0.39 is 16.1 Å². The smallest absolute Gasteiger partial charge is 0.243 e. The maximum atomic E-state index is 13.0. The lowest BCUT2D eigenvalue weighted by atomic mass is 10.0. The zero-order chi connectivity index (χ0) is 17.9. The molecule has 2 aromatic rings. The number of rotatable bonds is 4. The summed E-state index contributed by atoms with van der Waals surface area (Å²) in [5.74, 6) is -0.300. The lowest BCUT2D eigenvalue weighted by Crippen LogP contribution is -2.49. The molecule has 0 bridgehead atoms. The fourth-order valence-electron chi connectivity index (χ4n) is 2.96. The molecule has 0 spiro atoms. The number of amides is 1. The van der Waals surface area contributed by atoms with E-state index >= 15 is 0 Å². The predicted molar refractivity (Wildman–Crippen MR) is 101 cm³/mol. The Morgan fingerprint density at radius 3 is 2.44 bits per heavy atom. The van der Waals surface area contributed by atoms with Gasteiger partial charge < -0.3 is 5.32 Å². The molecule has 0 radical (unpaired) electrons. The standard InChI is InChI=1S/C18H19BrN2O3S/c19-15-10-4-5-11-16(15)20-18(22)17-12-6-7-13-21(17)25(23,24)14-8-2-1-3-9-14/h1-5,8-11,17H,6-7,12-13H2,(H,20,22). The van der Waals surface area contributed by atoms with Crippen LogP contribution in [0.3, 0.4) is 0 Å². The fourth-order valence-corrected chi connectivity index (χ4v) is 5.02. The summed E-state index contributed by atoms with van der Waals surface area (Å²) >= 11 is 3.39. The summed E-state index contributed by atoms with van der Waals surface area (Å²) in [4.78, 5) is 13.0. The summed E-state index contributed by atoms with van der Waals surface area (Å²) in [5, 5.41) is 2.84. The van der Waals surface area contributed by atoms with Crippen molar-refractivity contribution in [2.45, 2.75) is 30.2 Å². The number of anilines is 1. The molecule has 25 heavy (non-hydrogen) atoms. The van der Waals surface area contributed by atoms with Crippen LogP contribution in [-0.2, 0) is 14.8 Å². The third-order valence-corrected chi connectivity index (χ3v) is 6.85. The second-order valence-corrected chi connectivity index (χ2v) is 8.65. The number of benzene rings is 2. The minimum Gasteiger partial charge on any atom is -0.324 e. The van der Waals surface area contributed by atoms with Gasteiger partial charge in [-0.2, -0.15) is 4.31 Å². The highest BCUT2D eigenvalue weighted by molar-refractivity contribution is 9.10. The molecule has 1 atom stereocenters. The molecule has 0 aliphatic carbocycles. The first-order valence-electron chi connectivity index (χ1n) is 8.12. The van der Waals surface area contributed by atoms with Crippen LogP contribution >= 0.6 is 15.9 Å². The van der Waals surface area contributed by atoms with Crippen LogP contribution in [0.15, 0.2) is 64.0 Å². The van der Waals surface area contributed by atoms with Crippen LogP contribution in [0, 0.1) is 0 Å².